The highest BCUT2D eigenvalue weighted by molar-refractivity contribution is 6.21. The maximum atomic E-state index is 9.99. The molecular weight excluding hydrogens is 162 g/mol. The first-order valence-electron chi connectivity index (χ1n) is 4.02. The molecule has 2 saturated carbocycles. The van der Waals surface area contributed by atoms with E-state index in [1.807, 2.05) is 0 Å². The highest BCUT2D eigenvalue weighted by atomic mass is 35.5. The molecule has 0 amide bonds. The van der Waals surface area contributed by atoms with Crippen molar-refractivity contribution < 1.29 is 4.79 Å². The summed E-state index contributed by atoms with van der Waals surface area (Å²) in [6.07, 6.45) is 4.86. The van der Waals surface area contributed by atoms with Crippen LogP contribution in [0.3, 0.4) is 0 Å². The molecule has 2 aliphatic rings. The predicted octanol–water partition coefficient (Wildman–Crippen LogP) is 1.73. The normalized spacial score (nSPS) is 47.4. The molecule has 0 spiro atoms. The van der Waals surface area contributed by atoms with E-state index in [0.717, 1.165) is 12.8 Å². The molecule has 0 aromatic heterocycles. The van der Waals surface area contributed by atoms with Gasteiger partial charge in [-0.1, -0.05) is 0 Å². The van der Waals surface area contributed by atoms with E-state index in [-0.39, 0.29) is 6.04 Å². The van der Waals surface area contributed by atoms with Gasteiger partial charge in [0.05, 0.1) is 6.04 Å². The molecule has 2 rings (SSSR count). The van der Waals surface area contributed by atoms with Gasteiger partial charge in [0.25, 0.3) is 0 Å². The third kappa shape index (κ3) is 1.11. The zero-order valence-corrected chi connectivity index (χ0v) is 6.92. The van der Waals surface area contributed by atoms with Gasteiger partial charge in [-0.3, -0.25) is 0 Å². The third-order valence-electron chi connectivity index (χ3n) is 2.95. The molecule has 4 atom stereocenters. The van der Waals surface area contributed by atoms with Crippen molar-refractivity contribution in [2.45, 2.75) is 30.7 Å². The molecule has 0 aliphatic heterocycles. The summed E-state index contributed by atoms with van der Waals surface area (Å²) >= 11 is 6.03. The summed E-state index contributed by atoms with van der Waals surface area (Å²) in [5.41, 5.74) is 0. The van der Waals surface area contributed by atoms with Gasteiger partial charge >= 0.3 is 0 Å². The van der Waals surface area contributed by atoms with Crippen molar-refractivity contribution in [3.63, 3.8) is 0 Å². The lowest BCUT2D eigenvalue weighted by atomic mass is 9.96. The summed E-state index contributed by atoms with van der Waals surface area (Å²) in [5, 5.41) is 0.345. The van der Waals surface area contributed by atoms with E-state index in [0.29, 0.717) is 17.2 Å². The third-order valence-corrected chi connectivity index (χ3v) is 3.49. The first-order chi connectivity index (χ1) is 5.31. The molecule has 2 aliphatic carbocycles. The molecule has 0 N–H and O–H groups in total. The lowest BCUT2D eigenvalue weighted by Gasteiger charge is -2.19. The number of nitrogens with zero attached hydrogens (tertiary/aromatic N) is 1. The second-order valence-corrected chi connectivity index (χ2v) is 4.09. The molecular formula is C8H10ClNO. The number of hydrogen-bond donors (Lipinski definition) is 0. The van der Waals surface area contributed by atoms with Crippen molar-refractivity contribution in [3.8, 4) is 0 Å². The number of alkyl halides is 1. The fraction of sp³-hybridized carbons (Fsp3) is 0.875. The van der Waals surface area contributed by atoms with Crippen LogP contribution < -0.4 is 0 Å². The fourth-order valence-corrected chi connectivity index (χ4v) is 2.84. The fourth-order valence-electron chi connectivity index (χ4n) is 2.40. The van der Waals surface area contributed by atoms with Crippen molar-refractivity contribution in [1.29, 1.82) is 0 Å². The standard InChI is InChI=1S/C8H10ClNO/c9-7-2-6-1-5(7)3-8(6)10-4-11/h5-8H,1-3H2. The zero-order chi connectivity index (χ0) is 7.84. The average Bonchev–Trinajstić information content (AvgIpc) is 2.47. The van der Waals surface area contributed by atoms with E-state index in [2.05, 4.69) is 4.99 Å². The van der Waals surface area contributed by atoms with E-state index in [1.54, 1.807) is 6.08 Å². The monoisotopic (exact) mass is 171 g/mol. The van der Waals surface area contributed by atoms with Gasteiger partial charge in [0.15, 0.2) is 0 Å². The molecule has 11 heavy (non-hydrogen) atoms. The second kappa shape index (κ2) is 2.62. The minimum absolute atomic E-state index is 0.243. The summed E-state index contributed by atoms with van der Waals surface area (Å²) in [7, 11) is 0. The molecule has 0 aromatic rings. The number of carbonyl (C=O) groups excluding carboxylic acids is 1. The van der Waals surface area contributed by atoms with Gasteiger partial charge in [-0.2, -0.15) is 0 Å². The van der Waals surface area contributed by atoms with Crippen molar-refractivity contribution in [3.05, 3.63) is 0 Å². The first kappa shape index (κ1) is 7.33. The molecule has 0 heterocycles. The molecule has 3 heteroatoms. The topological polar surface area (TPSA) is 29.4 Å². The van der Waals surface area contributed by atoms with Gasteiger partial charge < -0.3 is 0 Å². The second-order valence-electron chi connectivity index (χ2n) is 3.53. The Morgan fingerprint density at radius 3 is 2.55 bits per heavy atom. The van der Waals surface area contributed by atoms with Crippen LogP contribution in [0.5, 0.6) is 0 Å². The minimum atomic E-state index is 0.243. The highest BCUT2D eigenvalue weighted by Gasteiger charge is 2.45. The quantitative estimate of drug-likeness (QED) is 0.336. The SMILES string of the molecule is O=C=NC1CC2CC1CC2Cl. The van der Waals surface area contributed by atoms with E-state index in [1.165, 1.54) is 6.42 Å². The van der Waals surface area contributed by atoms with Crippen LogP contribution in [0.25, 0.3) is 0 Å². The molecule has 0 radical (unpaired) electrons. The Hall–Kier alpha value is -0.330. The van der Waals surface area contributed by atoms with Gasteiger partial charge in [0.1, 0.15) is 0 Å². The van der Waals surface area contributed by atoms with Crippen LogP contribution in [-0.2, 0) is 4.79 Å². The molecule has 2 bridgehead atoms. The number of fused-ring (bicyclic) bond motifs is 2. The summed E-state index contributed by atoms with van der Waals surface area (Å²) in [5.74, 6) is 1.19. The van der Waals surface area contributed by atoms with Gasteiger partial charge in [-0.25, -0.2) is 9.79 Å². The van der Waals surface area contributed by atoms with Crippen LogP contribution in [0.1, 0.15) is 19.3 Å². The number of isocyanates is 1. The summed E-state index contributed by atoms with van der Waals surface area (Å²) in [6.45, 7) is 0. The Morgan fingerprint density at radius 1 is 1.27 bits per heavy atom. The maximum absolute atomic E-state index is 9.99. The Bertz CT molecular complexity index is 210. The smallest absolute Gasteiger partial charge is 0.211 e. The lowest BCUT2D eigenvalue weighted by molar-refractivity contribution is 0.422. The van der Waals surface area contributed by atoms with Crippen molar-refractivity contribution in [2.24, 2.45) is 16.8 Å². The number of hydrogen-bond acceptors (Lipinski definition) is 2. The Labute approximate surface area is 70.6 Å². The summed E-state index contributed by atoms with van der Waals surface area (Å²) in [6, 6.07) is 0.243. The molecule has 4 unspecified atom stereocenters. The first-order valence-corrected chi connectivity index (χ1v) is 4.46. The maximum Gasteiger partial charge on any atom is 0.235 e. The number of halogens is 1. The summed E-state index contributed by atoms with van der Waals surface area (Å²) in [4.78, 5) is 13.8. The van der Waals surface area contributed by atoms with Gasteiger partial charge in [-0.05, 0) is 31.1 Å². The van der Waals surface area contributed by atoms with Crippen molar-refractivity contribution in [1.82, 2.24) is 0 Å². The van der Waals surface area contributed by atoms with Crippen LogP contribution in [-0.4, -0.2) is 17.5 Å². The highest BCUT2D eigenvalue weighted by Crippen LogP contribution is 2.48. The van der Waals surface area contributed by atoms with E-state index >= 15 is 0 Å². The van der Waals surface area contributed by atoms with E-state index in [4.69, 9.17) is 11.6 Å². The predicted molar refractivity (Wildman–Crippen MR) is 42.4 cm³/mol. The zero-order valence-electron chi connectivity index (χ0n) is 6.16. The van der Waals surface area contributed by atoms with Gasteiger partial charge in [0.2, 0.25) is 6.08 Å². The van der Waals surface area contributed by atoms with E-state index < -0.39 is 0 Å². The molecule has 2 fully saturated rings. The number of aliphatic imine (C=N–C) groups is 1. The molecule has 0 saturated heterocycles. The van der Waals surface area contributed by atoms with Crippen molar-refractivity contribution >= 4 is 17.7 Å². The summed E-state index contributed by atoms with van der Waals surface area (Å²) < 4.78 is 0. The Balaban J connectivity index is 2.08. The molecule has 0 aromatic carbocycles. The van der Waals surface area contributed by atoms with Crippen LogP contribution in [0.15, 0.2) is 4.99 Å². The Kier molecular flexibility index (Phi) is 1.74. The van der Waals surface area contributed by atoms with Crippen LogP contribution in [0.2, 0.25) is 0 Å². The van der Waals surface area contributed by atoms with Gasteiger partial charge in [0, 0.05) is 5.38 Å². The average molecular weight is 172 g/mol. The Morgan fingerprint density at radius 2 is 2.09 bits per heavy atom. The minimum Gasteiger partial charge on any atom is -0.211 e. The van der Waals surface area contributed by atoms with Crippen molar-refractivity contribution in [2.75, 3.05) is 0 Å². The lowest BCUT2D eigenvalue weighted by Crippen LogP contribution is -2.20. The van der Waals surface area contributed by atoms with Crippen LogP contribution >= 0.6 is 11.6 Å². The largest absolute Gasteiger partial charge is 0.235 e. The molecule has 2 nitrogen and oxygen atoms in total. The van der Waals surface area contributed by atoms with E-state index in [9.17, 15) is 4.79 Å². The molecule has 60 valence electrons. The van der Waals surface area contributed by atoms with Crippen LogP contribution in [0.4, 0.5) is 0 Å². The number of rotatable bonds is 1. The van der Waals surface area contributed by atoms with Crippen LogP contribution in [0, 0.1) is 11.8 Å². The van der Waals surface area contributed by atoms with Gasteiger partial charge in [-0.15, -0.1) is 11.6 Å².